The number of thiophene rings is 1. The molecule has 2 aromatic heterocycles. The molecule has 0 aliphatic rings. The zero-order valence-electron chi connectivity index (χ0n) is 8.93. The molecule has 0 fully saturated rings. The van der Waals surface area contributed by atoms with Crippen molar-refractivity contribution in [2.24, 2.45) is 0 Å². The monoisotopic (exact) mass is 247 g/mol. The first-order valence-corrected chi connectivity index (χ1v) is 6.10. The molecule has 5 heteroatoms. The van der Waals surface area contributed by atoms with Gasteiger partial charge in [-0.2, -0.15) is 11.3 Å². The van der Waals surface area contributed by atoms with Crippen LogP contribution in [0.5, 0.6) is 0 Å². The van der Waals surface area contributed by atoms with Gasteiger partial charge in [0.25, 0.3) is 0 Å². The van der Waals surface area contributed by atoms with E-state index in [2.05, 4.69) is 4.98 Å². The van der Waals surface area contributed by atoms with Gasteiger partial charge in [-0.15, -0.1) is 0 Å². The molecule has 3 aromatic rings. The second-order valence-electron chi connectivity index (χ2n) is 3.82. The number of nitrogens with two attached hydrogens (primary N) is 1. The second-order valence-corrected chi connectivity index (χ2v) is 4.60. The van der Waals surface area contributed by atoms with Crippen LogP contribution in [0.2, 0.25) is 0 Å². The van der Waals surface area contributed by atoms with Gasteiger partial charge in [0.1, 0.15) is 5.82 Å². The third kappa shape index (κ3) is 1.78. The van der Waals surface area contributed by atoms with Gasteiger partial charge in [-0.05, 0) is 40.6 Å². The highest BCUT2D eigenvalue weighted by atomic mass is 32.1. The van der Waals surface area contributed by atoms with Crippen LogP contribution in [0.15, 0.2) is 35.0 Å². The van der Waals surface area contributed by atoms with E-state index in [4.69, 9.17) is 5.73 Å². The Hall–Kier alpha value is -1.88. The van der Waals surface area contributed by atoms with Crippen molar-refractivity contribution in [3.05, 3.63) is 46.4 Å². The van der Waals surface area contributed by atoms with Gasteiger partial charge in [-0.25, -0.2) is 9.37 Å². The number of anilines is 1. The summed E-state index contributed by atoms with van der Waals surface area (Å²) in [5, 5.41) is 4.05. The lowest BCUT2D eigenvalue weighted by Crippen LogP contribution is -2.03. The number of rotatable bonds is 2. The minimum atomic E-state index is -0.274. The predicted molar refractivity (Wildman–Crippen MR) is 67.5 cm³/mol. The van der Waals surface area contributed by atoms with Crippen LogP contribution in [0.25, 0.3) is 11.0 Å². The first kappa shape index (κ1) is 10.3. The Kier molecular flexibility index (Phi) is 2.33. The smallest absolute Gasteiger partial charge is 0.201 e. The highest BCUT2D eigenvalue weighted by Crippen LogP contribution is 2.21. The maximum atomic E-state index is 13.2. The summed E-state index contributed by atoms with van der Waals surface area (Å²) in [7, 11) is 0. The molecule has 0 spiro atoms. The van der Waals surface area contributed by atoms with Gasteiger partial charge < -0.3 is 10.3 Å². The van der Waals surface area contributed by atoms with Crippen LogP contribution in [0.4, 0.5) is 10.3 Å². The molecule has 2 N–H and O–H groups in total. The first-order valence-electron chi connectivity index (χ1n) is 5.16. The number of fused-ring (bicyclic) bond motifs is 1. The highest BCUT2D eigenvalue weighted by molar-refractivity contribution is 7.07. The van der Waals surface area contributed by atoms with Crippen LogP contribution in [0.3, 0.4) is 0 Å². The van der Waals surface area contributed by atoms with E-state index in [1.807, 2.05) is 21.4 Å². The van der Waals surface area contributed by atoms with Crippen LogP contribution in [-0.4, -0.2) is 9.55 Å². The lowest BCUT2D eigenvalue weighted by atomic mass is 10.3. The zero-order chi connectivity index (χ0) is 11.8. The number of nitrogen functional groups attached to an aromatic ring is 1. The molecule has 17 heavy (non-hydrogen) atoms. The maximum Gasteiger partial charge on any atom is 0.201 e. The molecule has 2 heterocycles. The third-order valence-electron chi connectivity index (χ3n) is 2.66. The lowest BCUT2D eigenvalue weighted by Gasteiger charge is -2.04. The molecule has 3 rings (SSSR count). The van der Waals surface area contributed by atoms with Gasteiger partial charge >= 0.3 is 0 Å². The van der Waals surface area contributed by atoms with Crippen LogP contribution in [-0.2, 0) is 6.54 Å². The minimum Gasteiger partial charge on any atom is -0.369 e. The van der Waals surface area contributed by atoms with Crippen LogP contribution in [0.1, 0.15) is 5.56 Å². The number of aromatic nitrogens is 2. The van der Waals surface area contributed by atoms with Crippen molar-refractivity contribution in [2.45, 2.75) is 6.54 Å². The van der Waals surface area contributed by atoms with Crippen LogP contribution in [0, 0.1) is 5.82 Å². The summed E-state index contributed by atoms with van der Waals surface area (Å²) in [4.78, 5) is 4.21. The molecular formula is C12H10FN3S. The molecule has 1 aromatic carbocycles. The molecule has 0 saturated carbocycles. The largest absolute Gasteiger partial charge is 0.369 e. The summed E-state index contributed by atoms with van der Waals surface area (Å²) < 4.78 is 15.0. The molecule has 0 atom stereocenters. The van der Waals surface area contributed by atoms with Gasteiger partial charge in [0, 0.05) is 0 Å². The van der Waals surface area contributed by atoms with E-state index in [1.165, 1.54) is 12.1 Å². The Morgan fingerprint density at radius 2 is 2.24 bits per heavy atom. The fourth-order valence-corrected chi connectivity index (χ4v) is 2.51. The van der Waals surface area contributed by atoms with Crippen molar-refractivity contribution >= 4 is 28.3 Å². The number of nitrogens with zero attached hydrogens (tertiary/aromatic N) is 2. The van der Waals surface area contributed by atoms with Crippen LogP contribution >= 0.6 is 11.3 Å². The van der Waals surface area contributed by atoms with Gasteiger partial charge in [0.2, 0.25) is 5.95 Å². The second kappa shape index (κ2) is 3.85. The van der Waals surface area contributed by atoms with E-state index >= 15 is 0 Å². The van der Waals surface area contributed by atoms with Crippen LogP contribution < -0.4 is 5.73 Å². The molecule has 0 saturated heterocycles. The Bertz CT molecular complexity index is 658. The Labute approximate surface area is 101 Å². The van der Waals surface area contributed by atoms with E-state index in [9.17, 15) is 4.39 Å². The average molecular weight is 247 g/mol. The average Bonchev–Trinajstić information content (AvgIpc) is 2.90. The number of hydrogen-bond donors (Lipinski definition) is 1. The van der Waals surface area contributed by atoms with E-state index < -0.39 is 0 Å². The minimum absolute atomic E-state index is 0.274. The van der Waals surface area contributed by atoms with Crippen molar-refractivity contribution in [3.63, 3.8) is 0 Å². The van der Waals surface area contributed by atoms with Crippen molar-refractivity contribution in [1.29, 1.82) is 0 Å². The van der Waals surface area contributed by atoms with Crippen molar-refractivity contribution in [1.82, 2.24) is 9.55 Å². The number of benzene rings is 1. The molecule has 0 radical (unpaired) electrons. The van der Waals surface area contributed by atoms with Gasteiger partial charge in [0.15, 0.2) is 0 Å². The Morgan fingerprint density at radius 3 is 3.00 bits per heavy atom. The molecule has 0 amide bonds. The topological polar surface area (TPSA) is 43.8 Å². The normalized spacial score (nSPS) is 11.1. The summed E-state index contributed by atoms with van der Waals surface area (Å²) in [5.41, 5.74) is 8.45. The summed E-state index contributed by atoms with van der Waals surface area (Å²) in [6.45, 7) is 0.620. The Morgan fingerprint density at radius 1 is 1.35 bits per heavy atom. The zero-order valence-corrected chi connectivity index (χ0v) is 9.75. The van der Waals surface area contributed by atoms with Crippen molar-refractivity contribution in [2.75, 3.05) is 5.73 Å². The molecule has 0 bridgehead atoms. The molecule has 0 unspecified atom stereocenters. The van der Waals surface area contributed by atoms with Gasteiger partial charge in [-0.1, -0.05) is 0 Å². The van der Waals surface area contributed by atoms with E-state index in [0.29, 0.717) is 12.5 Å². The summed E-state index contributed by atoms with van der Waals surface area (Å²) in [6.07, 6.45) is 0. The van der Waals surface area contributed by atoms with Gasteiger partial charge in [-0.3, -0.25) is 0 Å². The molecule has 86 valence electrons. The number of hydrogen-bond acceptors (Lipinski definition) is 3. The molecule has 0 aliphatic heterocycles. The van der Waals surface area contributed by atoms with Crippen molar-refractivity contribution in [3.8, 4) is 0 Å². The van der Waals surface area contributed by atoms with Crippen molar-refractivity contribution < 1.29 is 4.39 Å². The van der Waals surface area contributed by atoms with E-state index in [1.54, 1.807) is 17.4 Å². The summed E-state index contributed by atoms with van der Waals surface area (Å²) in [5.74, 6) is 0.140. The van der Waals surface area contributed by atoms with E-state index in [0.717, 1.165) is 16.6 Å². The molecular weight excluding hydrogens is 237 g/mol. The lowest BCUT2D eigenvalue weighted by molar-refractivity contribution is 0.628. The van der Waals surface area contributed by atoms with E-state index in [-0.39, 0.29) is 5.82 Å². The summed E-state index contributed by atoms with van der Waals surface area (Å²) >= 11 is 1.63. The SMILES string of the molecule is Nc1nc2ccc(F)cc2n1Cc1ccsc1. The third-order valence-corrected chi connectivity index (χ3v) is 3.39. The number of imidazole rings is 1. The number of halogens is 1. The highest BCUT2D eigenvalue weighted by Gasteiger charge is 2.09. The predicted octanol–water partition coefficient (Wildman–Crippen LogP) is 2.87. The molecule has 3 nitrogen and oxygen atoms in total. The standard InChI is InChI=1S/C12H10FN3S/c13-9-1-2-10-11(5-9)16(12(14)15-10)6-8-3-4-17-7-8/h1-5,7H,6H2,(H2,14,15). The Balaban J connectivity index is 2.14. The maximum absolute atomic E-state index is 13.2. The quantitative estimate of drug-likeness (QED) is 0.756. The first-order chi connectivity index (χ1) is 8.24. The molecule has 0 aliphatic carbocycles. The van der Waals surface area contributed by atoms with Gasteiger partial charge in [0.05, 0.1) is 17.6 Å². The fraction of sp³-hybridized carbons (Fsp3) is 0.0833. The summed E-state index contributed by atoms with van der Waals surface area (Å²) in [6, 6.07) is 6.52. The fourth-order valence-electron chi connectivity index (χ4n) is 1.85.